The van der Waals surface area contributed by atoms with Gasteiger partial charge in [0.05, 0.1) is 0 Å². The number of carbonyl (C=O) groups excluding carboxylic acids is 1. The molecule has 0 aliphatic carbocycles. The zero-order valence-corrected chi connectivity index (χ0v) is 10.8. The summed E-state index contributed by atoms with van der Waals surface area (Å²) in [5, 5.41) is 0. The van der Waals surface area contributed by atoms with E-state index in [1.165, 1.54) is 12.4 Å². The van der Waals surface area contributed by atoms with Crippen LogP contribution in [0.1, 0.15) is 10.5 Å². The van der Waals surface area contributed by atoms with Gasteiger partial charge in [-0.05, 0) is 46.9 Å². The van der Waals surface area contributed by atoms with Gasteiger partial charge in [-0.3, -0.25) is 4.79 Å². The van der Waals surface area contributed by atoms with Gasteiger partial charge in [-0.2, -0.15) is 0 Å². The van der Waals surface area contributed by atoms with E-state index in [2.05, 4.69) is 32.6 Å². The van der Waals surface area contributed by atoms with Crippen molar-refractivity contribution in [3.63, 3.8) is 0 Å². The summed E-state index contributed by atoms with van der Waals surface area (Å²) >= 11 is 2.19. The number of hydrogen-bond donors (Lipinski definition) is 1. The molecule has 0 bridgehead atoms. The van der Waals surface area contributed by atoms with Crippen LogP contribution in [0, 0.1) is 3.57 Å². The van der Waals surface area contributed by atoms with Gasteiger partial charge in [-0.1, -0.05) is 0 Å². The summed E-state index contributed by atoms with van der Waals surface area (Å²) in [4.78, 5) is 18.9. The van der Waals surface area contributed by atoms with Crippen LogP contribution in [0.2, 0.25) is 0 Å². The van der Waals surface area contributed by atoms with E-state index in [1.807, 2.05) is 12.1 Å². The molecule has 2 N–H and O–H groups in total. The van der Waals surface area contributed by atoms with Crippen LogP contribution in [0.3, 0.4) is 0 Å². The number of amides is 1. The normalized spacial score (nSPS) is 9.94. The first-order valence-corrected chi connectivity index (χ1v) is 5.79. The molecule has 0 saturated heterocycles. The average Bonchev–Trinajstić information content (AvgIpc) is 2.32. The summed E-state index contributed by atoms with van der Waals surface area (Å²) in [6.07, 6.45) is 2.83. The fourth-order valence-electron chi connectivity index (χ4n) is 1.18. The third kappa shape index (κ3) is 2.90. The number of nitrogens with two attached hydrogens (primary N) is 1. The lowest BCUT2D eigenvalue weighted by atomic mass is 10.3. The maximum absolute atomic E-state index is 11.1. The number of ether oxygens (including phenoxy) is 1. The quantitative estimate of drug-likeness (QED) is 0.866. The fraction of sp³-hybridized carbons (Fsp3) is 0. The lowest BCUT2D eigenvalue weighted by Gasteiger charge is -2.06. The van der Waals surface area contributed by atoms with Gasteiger partial charge < -0.3 is 10.5 Å². The largest absolute Gasteiger partial charge is 0.437 e. The van der Waals surface area contributed by atoms with E-state index in [-0.39, 0.29) is 11.6 Å². The molecule has 5 nitrogen and oxygen atoms in total. The number of rotatable bonds is 3. The van der Waals surface area contributed by atoms with Crippen LogP contribution in [-0.2, 0) is 0 Å². The number of halogens is 1. The molecule has 2 rings (SSSR count). The first kappa shape index (κ1) is 11.8. The Labute approximate surface area is 111 Å². The van der Waals surface area contributed by atoms with Crippen molar-refractivity contribution in [2.45, 2.75) is 0 Å². The van der Waals surface area contributed by atoms with Crippen molar-refractivity contribution in [2.75, 3.05) is 0 Å². The Morgan fingerprint density at radius 2 is 1.82 bits per heavy atom. The maximum atomic E-state index is 11.1. The Hall–Kier alpha value is -1.70. The van der Waals surface area contributed by atoms with E-state index < -0.39 is 5.91 Å². The van der Waals surface area contributed by atoms with E-state index in [9.17, 15) is 4.79 Å². The average molecular weight is 341 g/mol. The molecule has 2 aromatic rings. The third-order valence-corrected chi connectivity index (χ3v) is 2.65. The second-order valence-electron chi connectivity index (χ2n) is 3.13. The van der Waals surface area contributed by atoms with Crippen molar-refractivity contribution in [2.24, 2.45) is 5.73 Å². The van der Waals surface area contributed by atoms with E-state index in [0.29, 0.717) is 5.75 Å². The first-order chi connectivity index (χ1) is 8.16. The van der Waals surface area contributed by atoms with E-state index >= 15 is 0 Å². The van der Waals surface area contributed by atoms with Crippen molar-refractivity contribution in [1.82, 2.24) is 9.97 Å². The number of benzene rings is 1. The molecule has 86 valence electrons. The smallest absolute Gasteiger partial charge is 0.272 e. The Morgan fingerprint density at radius 3 is 2.47 bits per heavy atom. The Kier molecular flexibility index (Phi) is 3.52. The van der Waals surface area contributed by atoms with Crippen molar-refractivity contribution in [3.8, 4) is 11.6 Å². The molecular weight excluding hydrogens is 333 g/mol. The highest BCUT2D eigenvalue weighted by Gasteiger charge is 2.12. The van der Waals surface area contributed by atoms with Gasteiger partial charge in [0.1, 0.15) is 5.75 Å². The summed E-state index contributed by atoms with van der Waals surface area (Å²) in [6, 6.07) is 7.33. The van der Waals surface area contributed by atoms with Crippen LogP contribution in [0.4, 0.5) is 0 Å². The van der Waals surface area contributed by atoms with Crippen molar-refractivity contribution in [3.05, 3.63) is 45.9 Å². The summed E-state index contributed by atoms with van der Waals surface area (Å²) in [5.41, 5.74) is 5.19. The minimum Gasteiger partial charge on any atom is -0.437 e. The summed E-state index contributed by atoms with van der Waals surface area (Å²) in [6.45, 7) is 0. The number of aromatic nitrogens is 2. The Morgan fingerprint density at radius 1 is 1.18 bits per heavy atom. The lowest BCUT2D eigenvalue weighted by Crippen LogP contribution is -2.14. The molecule has 0 unspecified atom stereocenters. The van der Waals surface area contributed by atoms with Gasteiger partial charge in [0.25, 0.3) is 11.8 Å². The molecule has 0 fully saturated rings. The molecule has 0 atom stereocenters. The van der Waals surface area contributed by atoms with Gasteiger partial charge in [0, 0.05) is 16.0 Å². The standard InChI is InChI=1S/C11H8IN3O2/c12-7-1-3-8(4-2-7)17-11-9(10(13)16)14-5-6-15-11/h1-6H,(H2,13,16). The second-order valence-corrected chi connectivity index (χ2v) is 4.38. The van der Waals surface area contributed by atoms with Crippen molar-refractivity contribution in [1.29, 1.82) is 0 Å². The fourth-order valence-corrected chi connectivity index (χ4v) is 1.54. The van der Waals surface area contributed by atoms with Crippen molar-refractivity contribution >= 4 is 28.5 Å². The molecule has 1 amide bonds. The minimum atomic E-state index is -0.668. The highest BCUT2D eigenvalue weighted by atomic mass is 127. The molecule has 1 heterocycles. The predicted molar refractivity (Wildman–Crippen MR) is 69.8 cm³/mol. The highest BCUT2D eigenvalue weighted by Crippen LogP contribution is 2.21. The summed E-state index contributed by atoms with van der Waals surface area (Å²) in [5.74, 6) is 0.0215. The summed E-state index contributed by atoms with van der Waals surface area (Å²) in [7, 11) is 0. The zero-order chi connectivity index (χ0) is 12.3. The van der Waals surface area contributed by atoms with E-state index in [0.717, 1.165) is 3.57 Å². The van der Waals surface area contributed by atoms with Crippen LogP contribution < -0.4 is 10.5 Å². The first-order valence-electron chi connectivity index (χ1n) is 4.71. The molecule has 0 aliphatic heterocycles. The predicted octanol–water partition coefficient (Wildman–Crippen LogP) is 1.97. The lowest BCUT2D eigenvalue weighted by molar-refractivity contribution is 0.0992. The molecule has 17 heavy (non-hydrogen) atoms. The zero-order valence-electron chi connectivity index (χ0n) is 8.63. The van der Waals surface area contributed by atoms with Crippen LogP contribution >= 0.6 is 22.6 Å². The molecule has 0 saturated carbocycles. The number of carbonyl (C=O) groups is 1. The molecule has 1 aromatic carbocycles. The van der Waals surface area contributed by atoms with Gasteiger partial charge in [0.2, 0.25) is 0 Å². The third-order valence-electron chi connectivity index (χ3n) is 1.93. The van der Waals surface area contributed by atoms with Gasteiger partial charge in [-0.15, -0.1) is 0 Å². The monoisotopic (exact) mass is 341 g/mol. The van der Waals surface area contributed by atoms with E-state index in [1.54, 1.807) is 12.1 Å². The Balaban J connectivity index is 2.30. The van der Waals surface area contributed by atoms with Crippen LogP contribution in [0.5, 0.6) is 11.6 Å². The van der Waals surface area contributed by atoms with Gasteiger partial charge in [-0.25, -0.2) is 9.97 Å². The molecule has 0 radical (unpaired) electrons. The molecule has 0 spiro atoms. The van der Waals surface area contributed by atoms with Gasteiger partial charge in [0.15, 0.2) is 5.69 Å². The molecular formula is C11H8IN3O2. The summed E-state index contributed by atoms with van der Waals surface area (Å²) < 4.78 is 6.54. The van der Waals surface area contributed by atoms with Crippen LogP contribution in [0.25, 0.3) is 0 Å². The van der Waals surface area contributed by atoms with E-state index in [4.69, 9.17) is 10.5 Å². The second kappa shape index (κ2) is 5.09. The maximum Gasteiger partial charge on any atom is 0.272 e. The topological polar surface area (TPSA) is 78.1 Å². The van der Waals surface area contributed by atoms with Gasteiger partial charge >= 0.3 is 0 Å². The molecule has 0 aliphatic rings. The number of nitrogens with zero attached hydrogens (tertiary/aromatic N) is 2. The number of primary amides is 1. The molecule has 1 aromatic heterocycles. The molecule has 6 heteroatoms. The minimum absolute atomic E-state index is 0.0195. The van der Waals surface area contributed by atoms with Crippen molar-refractivity contribution < 1.29 is 9.53 Å². The number of hydrogen-bond acceptors (Lipinski definition) is 4. The van der Waals surface area contributed by atoms with Crippen LogP contribution in [0.15, 0.2) is 36.7 Å². The Bertz CT molecular complexity index is 543. The highest BCUT2D eigenvalue weighted by molar-refractivity contribution is 14.1. The van der Waals surface area contributed by atoms with Crippen LogP contribution in [-0.4, -0.2) is 15.9 Å². The SMILES string of the molecule is NC(=O)c1nccnc1Oc1ccc(I)cc1.